The van der Waals surface area contributed by atoms with Crippen molar-refractivity contribution in [1.82, 2.24) is 0 Å². The smallest absolute Gasteiger partial charge is 0.261 e. The topological polar surface area (TPSA) is 84.5 Å². The Balaban J connectivity index is 1.97. The zero-order valence-corrected chi connectivity index (χ0v) is 14.4. The molecule has 1 heterocycles. The van der Waals surface area contributed by atoms with Crippen molar-refractivity contribution in [3.05, 3.63) is 48.0 Å². The highest BCUT2D eigenvalue weighted by Gasteiger charge is 2.39. The fourth-order valence-electron chi connectivity index (χ4n) is 2.62. The Morgan fingerprint density at radius 2 is 1.88 bits per heavy atom. The molecule has 0 saturated heterocycles. The molecule has 0 fully saturated rings. The SMILES string of the molecule is COc1cccc(NS(=O)(=O)c2ccc3c(c2)C(C)(C)C(=O)N3)c1. The van der Waals surface area contributed by atoms with Gasteiger partial charge in [0.05, 0.1) is 23.1 Å². The maximum atomic E-state index is 12.6. The van der Waals surface area contributed by atoms with E-state index in [-0.39, 0.29) is 10.8 Å². The zero-order chi connectivity index (χ0) is 17.5. The summed E-state index contributed by atoms with van der Waals surface area (Å²) in [5.74, 6) is 0.410. The van der Waals surface area contributed by atoms with Crippen LogP contribution in [0, 0.1) is 0 Å². The third-order valence-electron chi connectivity index (χ3n) is 4.11. The fraction of sp³-hybridized carbons (Fsp3) is 0.235. The molecule has 3 rings (SSSR count). The molecule has 24 heavy (non-hydrogen) atoms. The van der Waals surface area contributed by atoms with Crippen molar-refractivity contribution in [2.45, 2.75) is 24.2 Å². The lowest BCUT2D eigenvalue weighted by molar-refractivity contribution is -0.119. The van der Waals surface area contributed by atoms with E-state index in [2.05, 4.69) is 10.0 Å². The van der Waals surface area contributed by atoms with Crippen LogP contribution in [0.3, 0.4) is 0 Å². The molecule has 1 aliphatic heterocycles. The van der Waals surface area contributed by atoms with Crippen LogP contribution in [-0.4, -0.2) is 21.4 Å². The van der Waals surface area contributed by atoms with E-state index in [4.69, 9.17) is 4.74 Å². The summed E-state index contributed by atoms with van der Waals surface area (Å²) in [6, 6.07) is 11.3. The second-order valence-electron chi connectivity index (χ2n) is 6.12. The van der Waals surface area contributed by atoms with Gasteiger partial charge in [-0.25, -0.2) is 8.42 Å². The van der Waals surface area contributed by atoms with E-state index >= 15 is 0 Å². The number of amides is 1. The number of anilines is 2. The van der Waals surface area contributed by atoms with Crippen LogP contribution in [0.15, 0.2) is 47.4 Å². The molecule has 0 aromatic heterocycles. The molecular weight excluding hydrogens is 328 g/mol. The van der Waals surface area contributed by atoms with Gasteiger partial charge in [-0.05, 0) is 49.7 Å². The molecule has 0 atom stereocenters. The zero-order valence-electron chi connectivity index (χ0n) is 13.6. The van der Waals surface area contributed by atoms with Gasteiger partial charge in [0, 0.05) is 11.8 Å². The third kappa shape index (κ3) is 2.71. The van der Waals surface area contributed by atoms with Gasteiger partial charge in [0.1, 0.15) is 5.75 Å². The number of hydrogen-bond acceptors (Lipinski definition) is 4. The summed E-state index contributed by atoms with van der Waals surface area (Å²) in [5.41, 5.74) is 0.950. The van der Waals surface area contributed by atoms with Crippen LogP contribution < -0.4 is 14.8 Å². The van der Waals surface area contributed by atoms with Gasteiger partial charge in [-0.1, -0.05) is 6.07 Å². The molecule has 0 bridgehead atoms. The maximum Gasteiger partial charge on any atom is 0.261 e. The minimum Gasteiger partial charge on any atom is -0.497 e. The van der Waals surface area contributed by atoms with E-state index < -0.39 is 15.4 Å². The summed E-state index contributed by atoms with van der Waals surface area (Å²) in [6.45, 7) is 3.53. The van der Waals surface area contributed by atoms with E-state index in [1.54, 1.807) is 44.2 Å². The number of nitrogens with one attached hydrogen (secondary N) is 2. The molecule has 126 valence electrons. The lowest BCUT2D eigenvalue weighted by atomic mass is 9.86. The van der Waals surface area contributed by atoms with Gasteiger partial charge in [-0.2, -0.15) is 0 Å². The second kappa shape index (κ2) is 5.52. The highest BCUT2D eigenvalue weighted by Crippen LogP contribution is 2.38. The van der Waals surface area contributed by atoms with Gasteiger partial charge in [-0.15, -0.1) is 0 Å². The van der Waals surface area contributed by atoms with E-state index in [9.17, 15) is 13.2 Å². The number of carbonyl (C=O) groups excluding carboxylic acids is 1. The predicted octanol–water partition coefficient (Wildman–Crippen LogP) is 2.73. The molecule has 0 aliphatic carbocycles. The van der Waals surface area contributed by atoms with E-state index in [0.717, 1.165) is 0 Å². The summed E-state index contributed by atoms with van der Waals surface area (Å²) >= 11 is 0. The number of benzene rings is 2. The molecule has 2 N–H and O–H groups in total. The normalized spacial score (nSPS) is 15.5. The van der Waals surface area contributed by atoms with Gasteiger partial charge in [0.2, 0.25) is 5.91 Å². The summed E-state index contributed by atoms with van der Waals surface area (Å²) in [4.78, 5) is 12.1. The highest BCUT2D eigenvalue weighted by molar-refractivity contribution is 7.92. The van der Waals surface area contributed by atoms with Crippen molar-refractivity contribution in [3.8, 4) is 5.75 Å². The standard InChI is InChI=1S/C17H18N2O4S/c1-17(2)14-10-13(7-8-15(14)18-16(17)20)24(21,22)19-11-5-4-6-12(9-11)23-3/h4-10,19H,1-3H3,(H,18,20). The summed E-state index contributed by atoms with van der Waals surface area (Å²) in [5, 5.41) is 2.76. The molecule has 0 saturated carbocycles. The predicted molar refractivity (Wildman–Crippen MR) is 91.9 cm³/mol. The average Bonchev–Trinajstić information content (AvgIpc) is 2.76. The van der Waals surface area contributed by atoms with Crippen LogP contribution in [-0.2, 0) is 20.2 Å². The van der Waals surface area contributed by atoms with Gasteiger partial charge in [0.25, 0.3) is 10.0 Å². The number of sulfonamides is 1. The molecule has 2 aromatic carbocycles. The first-order valence-corrected chi connectivity index (χ1v) is 8.85. The number of carbonyl (C=O) groups is 1. The number of fused-ring (bicyclic) bond motifs is 1. The van der Waals surface area contributed by atoms with Gasteiger partial charge < -0.3 is 10.1 Å². The number of rotatable bonds is 4. The third-order valence-corrected chi connectivity index (χ3v) is 5.49. The Labute approximate surface area is 140 Å². The van der Waals surface area contributed by atoms with Crippen LogP contribution in [0.25, 0.3) is 0 Å². The maximum absolute atomic E-state index is 12.6. The number of methoxy groups -OCH3 is 1. The van der Waals surface area contributed by atoms with E-state index in [1.165, 1.54) is 19.2 Å². The van der Waals surface area contributed by atoms with Crippen LogP contribution in [0.1, 0.15) is 19.4 Å². The van der Waals surface area contributed by atoms with Crippen molar-refractivity contribution in [1.29, 1.82) is 0 Å². The van der Waals surface area contributed by atoms with Crippen LogP contribution in [0.5, 0.6) is 5.75 Å². The first kappa shape index (κ1) is 16.3. The first-order chi connectivity index (χ1) is 11.2. The second-order valence-corrected chi connectivity index (χ2v) is 7.81. The lowest BCUT2D eigenvalue weighted by Gasteiger charge is -2.16. The molecule has 1 aliphatic rings. The minimum atomic E-state index is -3.77. The Hall–Kier alpha value is -2.54. The van der Waals surface area contributed by atoms with E-state index in [1.807, 2.05) is 0 Å². The Morgan fingerprint density at radius 1 is 1.12 bits per heavy atom. The monoisotopic (exact) mass is 346 g/mol. The molecule has 1 amide bonds. The molecule has 0 unspecified atom stereocenters. The molecule has 2 aromatic rings. The molecular formula is C17H18N2O4S. The van der Waals surface area contributed by atoms with Crippen LogP contribution in [0.4, 0.5) is 11.4 Å². The van der Waals surface area contributed by atoms with Crippen LogP contribution >= 0.6 is 0 Å². The quantitative estimate of drug-likeness (QED) is 0.891. The van der Waals surface area contributed by atoms with Crippen molar-refractivity contribution in [2.24, 2.45) is 0 Å². The molecule has 0 spiro atoms. The Morgan fingerprint density at radius 3 is 2.58 bits per heavy atom. The summed E-state index contributed by atoms with van der Waals surface area (Å²) < 4.78 is 32.9. The number of hydrogen-bond donors (Lipinski definition) is 2. The van der Waals surface area contributed by atoms with E-state index in [0.29, 0.717) is 22.7 Å². The van der Waals surface area contributed by atoms with Crippen LogP contribution in [0.2, 0.25) is 0 Å². The number of ether oxygens (including phenoxy) is 1. The largest absolute Gasteiger partial charge is 0.497 e. The van der Waals surface area contributed by atoms with Crippen molar-refractivity contribution >= 4 is 27.3 Å². The Bertz CT molecular complexity index is 920. The summed E-state index contributed by atoms with van der Waals surface area (Å²) in [7, 11) is -2.26. The molecule has 0 radical (unpaired) electrons. The average molecular weight is 346 g/mol. The van der Waals surface area contributed by atoms with Gasteiger partial charge >= 0.3 is 0 Å². The first-order valence-electron chi connectivity index (χ1n) is 7.37. The molecule has 6 nitrogen and oxygen atoms in total. The van der Waals surface area contributed by atoms with Gasteiger partial charge in [0.15, 0.2) is 0 Å². The minimum absolute atomic E-state index is 0.105. The van der Waals surface area contributed by atoms with Crippen molar-refractivity contribution < 1.29 is 17.9 Å². The van der Waals surface area contributed by atoms with Crippen molar-refractivity contribution in [2.75, 3.05) is 17.1 Å². The molecule has 7 heteroatoms. The Kier molecular flexibility index (Phi) is 3.76. The highest BCUT2D eigenvalue weighted by atomic mass is 32.2. The summed E-state index contributed by atoms with van der Waals surface area (Å²) in [6.07, 6.45) is 0. The van der Waals surface area contributed by atoms with Gasteiger partial charge in [-0.3, -0.25) is 9.52 Å². The fourth-order valence-corrected chi connectivity index (χ4v) is 3.69. The van der Waals surface area contributed by atoms with Crippen molar-refractivity contribution in [3.63, 3.8) is 0 Å². The lowest BCUT2D eigenvalue weighted by Crippen LogP contribution is -2.27.